The minimum absolute atomic E-state index is 0.0594. The fourth-order valence-electron chi connectivity index (χ4n) is 2.92. The summed E-state index contributed by atoms with van der Waals surface area (Å²) in [5.41, 5.74) is 0.383. The predicted molar refractivity (Wildman–Crippen MR) is 106 cm³/mol. The monoisotopic (exact) mass is 412 g/mol. The molecule has 2 heterocycles. The van der Waals surface area contributed by atoms with E-state index in [0.717, 1.165) is 0 Å². The van der Waals surface area contributed by atoms with Crippen LogP contribution in [0.4, 0.5) is 26.4 Å². The zero-order valence-corrected chi connectivity index (χ0v) is 16.0. The van der Waals surface area contributed by atoms with Crippen molar-refractivity contribution in [2.75, 3.05) is 30.4 Å². The molecule has 1 aromatic heterocycles. The van der Waals surface area contributed by atoms with Gasteiger partial charge in [-0.15, -0.1) is 0 Å². The first-order valence-corrected chi connectivity index (χ1v) is 9.16. The second-order valence-corrected chi connectivity index (χ2v) is 6.61. The first-order chi connectivity index (χ1) is 14.5. The summed E-state index contributed by atoms with van der Waals surface area (Å²) in [6.07, 6.45) is 1.30. The van der Waals surface area contributed by atoms with Gasteiger partial charge in [0.05, 0.1) is 18.7 Å². The van der Waals surface area contributed by atoms with E-state index in [1.807, 2.05) is 4.90 Å². The van der Waals surface area contributed by atoms with Crippen LogP contribution in [0.5, 0.6) is 5.75 Å². The van der Waals surface area contributed by atoms with Crippen molar-refractivity contribution in [2.24, 2.45) is 0 Å². The van der Waals surface area contributed by atoms with Crippen molar-refractivity contribution in [1.29, 1.82) is 0 Å². The summed E-state index contributed by atoms with van der Waals surface area (Å²) in [5, 5.41) is 5.34. The summed E-state index contributed by atoms with van der Waals surface area (Å²) < 4.78 is 32.6. The molecule has 0 unspecified atom stereocenters. The fraction of sp³-hybridized carbons (Fsp3) is 0.200. The quantitative estimate of drug-likeness (QED) is 0.643. The Labute approximate surface area is 170 Å². The number of rotatable bonds is 6. The Kier molecular flexibility index (Phi) is 5.38. The van der Waals surface area contributed by atoms with Gasteiger partial charge in [0.15, 0.2) is 0 Å². The largest absolute Gasteiger partial charge is 0.487 e. The summed E-state index contributed by atoms with van der Waals surface area (Å²) in [5.74, 6) is -0.143. The molecule has 1 saturated heterocycles. The van der Waals surface area contributed by atoms with E-state index in [0.29, 0.717) is 30.5 Å². The minimum Gasteiger partial charge on any atom is -0.487 e. The fourth-order valence-corrected chi connectivity index (χ4v) is 2.92. The van der Waals surface area contributed by atoms with Crippen LogP contribution in [0, 0.1) is 11.6 Å². The van der Waals surface area contributed by atoms with Gasteiger partial charge in [-0.1, -0.05) is 0 Å². The number of nitrogens with zero attached hydrogens (tertiary/aromatic N) is 4. The van der Waals surface area contributed by atoms with E-state index in [2.05, 4.69) is 25.6 Å². The second kappa shape index (κ2) is 8.27. The Hall–Kier alpha value is -3.82. The van der Waals surface area contributed by atoms with Gasteiger partial charge < -0.3 is 20.3 Å². The molecular weight excluding hydrogens is 394 g/mol. The number of nitrogens with one attached hydrogen (secondary N) is 2. The van der Waals surface area contributed by atoms with E-state index < -0.39 is 11.7 Å². The summed E-state index contributed by atoms with van der Waals surface area (Å²) in [4.78, 5) is 26.2. The van der Waals surface area contributed by atoms with E-state index in [-0.39, 0.29) is 23.4 Å². The first-order valence-electron chi connectivity index (χ1n) is 9.16. The van der Waals surface area contributed by atoms with Crippen molar-refractivity contribution in [3.05, 3.63) is 66.0 Å². The average molecular weight is 412 g/mol. The molecular formula is C20H18F2N6O2. The topological polar surface area (TPSA) is 92.3 Å². The first kappa shape index (κ1) is 19.5. The van der Waals surface area contributed by atoms with E-state index in [9.17, 15) is 13.6 Å². The summed E-state index contributed by atoms with van der Waals surface area (Å²) in [6, 6.07) is 9.93. The molecule has 0 atom stereocenters. The molecule has 4 rings (SSSR count). The van der Waals surface area contributed by atoms with E-state index in [4.69, 9.17) is 4.74 Å². The molecule has 2 aromatic carbocycles. The molecule has 1 amide bonds. The molecule has 0 aliphatic carbocycles. The third-order valence-corrected chi connectivity index (χ3v) is 4.50. The lowest BCUT2D eigenvalue weighted by atomic mass is 10.1. The Morgan fingerprint density at radius 3 is 2.63 bits per heavy atom. The van der Waals surface area contributed by atoms with Crippen molar-refractivity contribution in [2.45, 2.75) is 6.10 Å². The maximum Gasteiger partial charge on any atom is 0.254 e. The Balaban J connectivity index is 1.39. The summed E-state index contributed by atoms with van der Waals surface area (Å²) >= 11 is 0. The van der Waals surface area contributed by atoms with Crippen LogP contribution in [0.25, 0.3) is 0 Å². The molecule has 1 aliphatic rings. The summed E-state index contributed by atoms with van der Waals surface area (Å²) in [7, 11) is 1.43. The van der Waals surface area contributed by atoms with Crippen molar-refractivity contribution in [3.63, 3.8) is 0 Å². The molecule has 0 radical (unpaired) electrons. The molecule has 0 spiro atoms. The third kappa shape index (κ3) is 4.27. The molecule has 0 bridgehead atoms. The van der Waals surface area contributed by atoms with Crippen LogP contribution in [0.2, 0.25) is 0 Å². The minimum atomic E-state index is -0.621. The van der Waals surface area contributed by atoms with Crippen LogP contribution in [0.15, 0.2) is 48.8 Å². The zero-order valence-electron chi connectivity index (χ0n) is 16.0. The van der Waals surface area contributed by atoms with Crippen molar-refractivity contribution >= 4 is 23.5 Å². The van der Waals surface area contributed by atoms with Gasteiger partial charge in [0.25, 0.3) is 5.91 Å². The lowest BCUT2D eigenvalue weighted by Gasteiger charge is -2.38. The lowest BCUT2D eigenvalue weighted by Crippen LogP contribution is -2.54. The van der Waals surface area contributed by atoms with Crippen LogP contribution in [0.1, 0.15) is 10.4 Å². The molecule has 0 saturated carbocycles. The maximum absolute atomic E-state index is 13.8. The number of hydrogen-bond donors (Lipinski definition) is 2. The van der Waals surface area contributed by atoms with Crippen LogP contribution < -0.4 is 20.3 Å². The molecule has 8 nitrogen and oxygen atoms in total. The van der Waals surface area contributed by atoms with Crippen LogP contribution in [0.3, 0.4) is 0 Å². The van der Waals surface area contributed by atoms with Crippen LogP contribution in [-0.4, -0.2) is 47.1 Å². The Morgan fingerprint density at radius 2 is 1.90 bits per heavy atom. The molecule has 1 aliphatic heterocycles. The van der Waals surface area contributed by atoms with E-state index in [1.165, 1.54) is 43.7 Å². The summed E-state index contributed by atoms with van der Waals surface area (Å²) in [6.45, 7) is 1.14. The van der Waals surface area contributed by atoms with Crippen LogP contribution >= 0.6 is 0 Å². The van der Waals surface area contributed by atoms with Gasteiger partial charge in [-0.25, -0.2) is 18.7 Å². The number of carbonyl (C=O) groups excluding carboxylic acids is 1. The number of ether oxygens (including phenoxy) is 1. The van der Waals surface area contributed by atoms with Gasteiger partial charge in [-0.3, -0.25) is 4.79 Å². The van der Waals surface area contributed by atoms with Crippen molar-refractivity contribution in [3.8, 4) is 5.75 Å². The SMILES string of the molecule is CNC(=O)c1cc(Nc2ncnc(N3CC(Oc4ccc(F)cc4)C3)n2)ccc1F. The number of benzene rings is 2. The van der Waals surface area contributed by atoms with Gasteiger partial charge >= 0.3 is 0 Å². The highest BCUT2D eigenvalue weighted by Crippen LogP contribution is 2.23. The highest BCUT2D eigenvalue weighted by molar-refractivity contribution is 5.95. The second-order valence-electron chi connectivity index (χ2n) is 6.61. The van der Waals surface area contributed by atoms with Crippen molar-refractivity contribution in [1.82, 2.24) is 20.3 Å². The van der Waals surface area contributed by atoms with E-state index >= 15 is 0 Å². The predicted octanol–water partition coefficient (Wildman–Crippen LogP) is 2.52. The van der Waals surface area contributed by atoms with Crippen LogP contribution in [-0.2, 0) is 0 Å². The number of hydrogen-bond acceptors (Lipinski definition) is 7. The normalized spacial score (nSPS) is 13.5. The zero-order chi connectivity index (χ0) is 21.1. The molecule has 10 heteroatoms. The van der Waals surface area contributed by atoms with Gasteiger partial charge in [0.1, 0.15) is 29.8 Å². The van der Waals surface area contributed by atoms with Gasteiger partial charge in [-0.2, -0.15) is 4.98 Å². The number of carbonyl (C=O) groups is 1. The molecule has 154 valence electrons. The lowest BCUT2D eigenvalue weighted by molar-refractivity contribution is 0.0959. The van der Waals surface area contributed by atoms with Gasteiger partial charge in [0.2, 0.25) is 11.9 Å². The number of aromatic nitrogens is 3. The Morgan fingerprint density at radius 1 is 1.13 bits per heavy atom. The Bertz CT molecular complexity index is 1060. The number of amides is 1. The maximum atomic E-state index is 13.8. The van der Waals surface area contributed by atoms with Gasteiger partial charge in [-0.05, 0) is 42.5 Å². The van der Waals surface area contributed by atoms with Gasteiger partial charge in [0, 0.05) is 12.7 Å². The molecule has 3 aromatic rings. The molecule has 30 heavy (non-hydrogen) atoms. The molecule has 1 fully saturated rings. The standard InChI is InChI=1S/C20H18F2N6O2/c1-23-18(29)16-8-13(4-7-17(16)22)26-19-24-11-25-20(27-19)28-9-15(10-28)30-14-5-2-12(21)3-6-14/h2-8,11,15H,9-10H2,1H3,(H,23,29)(H,24,25,26,27). The van der Waals surface area contributed by atoms with Crippen molar-refractivity contribution < 1.29 is 18.3 Å². The number of anilines is 3. The average Bonchev–Trinajstić information content (AvgIpc) is 2.72. The van der Waals surface area contributed by atoms with E-state index in [1.54, 1.807) is 12.1 Å². The smallest absolute Gasteiger partial charge is 0.254 e. The third-order valence-electron chi connectivity index (χ3n) is 4.50. The molecule has 2 N–H and O–H groups in total. The highest BCUT2D eigenvalue weighted by atomic mass is 19.1. The number of halogens is 2. The highest BCUT2D eigenvalue weighted by Gasteiger charge is 2.30.